The van der Waals surface area contributed by atoms with Gasteiger partial charge in [0, 0.05) is 18.7 Å². The maximum Gasteiger partial charge on any atom is 0.330 e. The lowest BCUT2D eigenvalue weighted by atomic mass is 10.2. The van der Waals surface area contributed by atoms with Gasteiger partial charge in [0.25, 0.3) is 11.5 Å². The highest BCUT2D eigenvalue weighted by atomic mass is 32.1. The van der Waals surface area contributed by atoms with E-state index in [4.69, 9.17) is 5.73 Å². The number of carbonyl (C=O) groups excluding carboxylic acids is 1. The van der Waals surface area contributed by atoms with Gasteiger partial charge in [-0.25, -0.2) is 9.78 Å². The Balaban J connectivity index is 2.08. The Labute approximate surface area is 184 Å². The average Bonchev–Trinajstić information content (AvgIpc) is 3.14. The summed E-state index contributed by atoms with van der Waals surface area (Å²) in [5, 5.41) is 0.729. The van der Waals surface area contributed by atoms with Gasteiger partial charge in [0.2, 0.25) is 0 Å². The second-order valence-corrected chi connectivity index (χ2v) is 8.25. The van der Waals surface area contributed by atoms with E-state index in [9.17, 15) is 14.4 Å². The Bertz CT molecular complexity index is 1180. The van der Waals surface area contributed by atoms with Crippen molar-refractivity contribution in [3.05, 3.63) is 61.7 Å². The largest absolute Gasteiger partial charge is 0.383 e. The van der Waals surface area contributed by atoms with Crippen LogP contribution in [0.5, 0.6) is 0 Å². The lowest BCUT2D eigenvalue weighted by Gasteiger charge is -2.23. The summed E-state index contributed by atoms with van der Waals surface area (Å²) in [6.45, 7) is 6.34. The Morgan fingerprint density at radius 3 is 2.55 bits per heavy atom. The minimum absolute atomic E-state index is 0.00875. The van der Waals surface area contributed by atoms with Crippen molar-refractivity contribution in [3.8, 4) is 10.6 Å². The molecule has 3 rings (SSSR count). The Kier molecular flexibility index (Phi) is 7.06. The molecule has 0 radical (unpaired) electrons. The zero-order chi connectivity index (χ0) is 22.5. The minimum Gasteiger partial charge on any atom is -0.383 e. The quantitative estimate of drug-likeness (QED) is 0.556. The van der Waals surface area contributed by atoms with Gasteiger partial charge >= 0.3 is 5.69 Å². The van der Waals surface area contributed by atoms with E-state index < -0.39 is 11.2 Å². The fraction of sp³-hybridized carbons (Fsp3) is 0.364. The number of nitrogens with two attached hydrogens (primary N) is 1. The summed E-state index contributed by atoms with van der Waals surface area (Å²) in [6.07, 6.45) is 2.20. The maximum atomic E-state index is 13.5. The first-order valence-electron chi connectivity index (χ1n) is 10.4. The van der Waals surface area contributed by atoms with Gasteiger partial charge in [-0.3, -0.25) is 24.0 Å². The summed E-state index contributed by atoms with van der Waals surface area (Å²) in [6, 6.07) is 9.61. The third-order valence-electron chi connectivity index (χ3n) is 4.92. The molecule has 8 nitrogen and oxygen atoms in total. The smallest absolute Gasteiger partial charge is 0.330 e. The van der Waals surface area contributed by atoms with Crippen molar-refractivity contribution < 1.29 is 4.79 Å². The molecule has 3 N–H and O–H groups in total. The number of thiazole rings is 1. The highest BCUT2D eigenvalue weighted by Crippen LogP contribution is 2.30. The van der Waals surface area contributed by atoms with E-state index in [-0.39, 0.29) is 24.0 Å². The number of anilines is 2. The number of hydrogen-bond acceptors (Lipinski definition) is 6. The molecular weight excluding hydrogens is 414 g/mol. The first kappa shape index (κ1) is 22.5. The molecule has 0 aliphatic carbocycles. The summed E-state index contributed by atoms with van der Waals surface area (Å²) >= 11 is 1.28. The van der Waals surface area contributed by atoms with E-state index in [2.05, 4.69) is 9.97 Å². The molecule has 0 saturated carbocycles. The summed E-state index contributed by atoms with van der Waals surface area (Å²) in [5.41, 5.74) is 6.53. The van der Waals surface area contributed by atoms with Crippen molar-refractivity contribution in [2.45, 2.75) is 46.6 Å². The third kappa shape index (κ3) is 4.61. The number of amides is 1. The van der Waals surface area contributed by atoms with E-state index in [1.807, 2.05) is 44.2 Å². The van der Waals surface area contributed by atoms with E-state index in [1.54, 1.807) is 6.92 Å². The molecule has 2 aromatic heterocycles. The van der Waals surface area contributed by atoms with E-state index in [0.29, 0.717) is 23.5 Å². The van der Waals surface area contributed by atoms with Gasteiger partial charge in [0.05, 0.1) is 5.69 Å². The van der Waals surface area contributed by atoms with Gasteiger partial charge in [0.1, 0.15) is 15.7 Å². The zero-order valence-electron chi connectivity index (χ0n) is 18.0. The van der Waals surface area contributed by atoms with Crippen LogP contribution in [0, 0.1) is 6.92 Å². The van der Waals surface area contributed by atoms with Crippen LogP contribution in [0.1, 0.15) is 48.5 Å². The third-order valence-corrected chi connectivity index (χ3v) is 6.12. The topological polar surface area (TPSA) is 114 Å². The number of aryl methyl sites for hydroxylation is 1. The fourth-order valence-electron chi connectivity index (χ4n) is 3.34. The van der Waals surface area contributed by atoms with Gasteiger partial charge < -0.3 is 5.73 Å². The van der Waals surface area contributed by atoms with Crippen LogP contribution in [0.25, 0.3) is 10.6 Å². The molecule has 31 heavy (non-hydrogen) atoms. The van der Waals surface area contributed by atoms with E-state index >= 15 is 0 Å². The van der Waals surface area contributed by atoms with Gasteiger partial charge in [-0.05, 0) is 19.8 Å². The van der Waals surface area contributed by atoms with Crippen LogP contribution in [-0.2, 0) is 6.54 Å². The molecule has 0 aliphatic rings. The second kappa shape index (κ2) is 9.74. The van der Waals surface area contributed by atoms with E-state index in [0.717, 1.165) is 23.4 Å². The average molecular weight is 442 g/mol. The standard InChI is InChI=1S/C22H27N5O3S/c1-4-6-13-27-18(23)16(19(28)25-22(27)30)26(12-5-2)21(29)17-14(3)24-20(31-17)15-10-8-7-9-11-15/h7-11H,4-6,12-13,23H2,1-3H3,(H,25,28,30). The van der Waals surface area contributed by atoms with Crippen LogP contribution in [0.2, 0.25) is 0 Å². The van der Waals surface area contributed by atoms with Crippen molar-refractivity contribution in [2.24, 2.45) is 0 Å². The Morgan fingerprint density at radius 1 is 1.19 bits per heavy atom. The fourth-order valence-corrected chi connectivity index (χ4v) is 4.36. The van der Waals surface area contributed by atoms with Gasteiger partial charge in [-0.15, -0.1) is 11.3 Å². The molecule has 0 aliphatic heterocycles. The predicted molar refractivity (Wildman–Crippen MR) is 125 cm³/mol. The number of benzene rings is 1. The number of hydrogen-bond donors (Lipinski definition) is 2. The highest BCUT2D eigenvalue weighted by molar-refractivity contribution is 7.17. The summed E-state index contributed by atoms with van der Waals surface area (Å²) in [4.78, 5) is 47.2. The van der Waals surface area contributed by atoms with Crippen LogP contribution in [0.4, 0.5) is 11.5 Å². The number of nitrogens with one attached hydrogen (secondary N) is 1. The van der Waals surface area contributed by atoms with Gasteiger partial charge in [-0.2, -0.15) is 0 Å². The summed E-state index contributed by atoms with van der Waals surface area (Å²) in [7, 11) is 0. The number of aromatic nitrogens is 3. The lowest BCUT2D eigenvalue weighted by Crippen LogP contribution is -2.41. The maximum absolute atomic E-state index is 13.5. The van der Waals surface area contributed by atoms with Crippen LogP contribution < -0.4 is 21.9 Å². The number of aromatic amines is 1. The molecule has 9 heteroatoms. The molecule has 0 bridgehead atoms. The zero-order valence-corrected chi connectivity index (χ0v) is 18.8. The number of carbonyl (C=O) groups is 1. The Hall–Kier alpha value is -3.20. The molecular formula is C22H27N5O3S. The number of rotatable bonds is 8. The Morgan fingerprint density at radius 2 is 1.90 bits per heavy atom. The van der Waals surface area contributed by atoms with Gasteiger partial charge in [0.15, 0.2) is 5.69 Å². The molecule has 0 saturated heterocycles. The van der Waals surface area contributed by atoms with E-state index in [1.165, 1.54) is 20.8 Å². The number of nitrogens with zero attached hydrogens (tertiary/aromatic N) is 3. The van der Waals surface area contributed by atoms with Gasteiger partial charge in [-0.1, -0.05) is 50.6 Å². The molecule has 1 amide bonds. The van der Waals surface area contributed by atoms with Crippen LogP contribution in [0.15, 0.2) is 39.9 Å². The second-order valence-electron chi connectivity index (χ2n) is 7.25. The normalized spacial score (nSPS) is 10.9. The van der Waals surface area contributed by atoms with Crippen molar-refractivity contribution in [3.63, 3.8) is 0 Å². The molecule has 0 fully saturated rings. The summed E-state index contributed by atoms with van der Waals surface area (Å²) < 4.78 is 1.32. The monoisotopic (exact) mass is 441 g/mol. The molecule has 2 heterocycles. The predicted octanol–water partition coefficient (Wildman–Crippen LogP) is 3.41. The van der Waals surface area contributed by atoms with Crippen molar-refractivity contribution in [1.29, 1.82) is 0 Å². The van der Waals surface area contributed by atoms with Crippen LogP contribution in [-0.4, -0.2) is 27.0 Å². The lowest BCUT2D eigenvalue weighted by molar-refractivity contribution is 0.0989. The minimum atomic E-state index is -0.664. The molecule has 3 aromatic rings. The molecule has 164 valence electrons. The molecule has 0 atom stereocenters. The molecule has 0 spiro atoms. The number of unbranched alkanes of at least 4 members (excludes halogenated alkanes) is 1. The summed E-state index contributed by atoms with van der Waals surface area (Å²) in [5.74, 6) is -0.341. The number of H-pyrrole nitrogens is 1. The van der Waals surface area contributed by atoms with Crippen molar-refractivity contribution >= 4 is 28.7 Å². The van der Waals surface area contributed by atoms with Crippen molar-refractivity contribution in [1.82, 2.24) is 14.5 Å². The first-order valence-corrected chi connectivity index (χ1v) is 11.2. The molecule has 0 unspecified atom stereocenters. The van der Waals surface area contributed by atoms with Crippen LogP contribution in [0.3, 0.4) is 0 Å². The first-order chi connectivity index (χ1) is 14.9. The van der Waals surface area contributed by atoms with Crippen molar-refractivity contribution in [2.75, 3.05) is 17.2 Å². The molecule has 1 aromatic carbocycles. The number of nitrogen functional groups attached to an aromatic ring is 1. The van der Waals surface area contributed by atoms with Crippen LogP contribution >= 0.6 is 11.3 Å². The highest BCUT2D eigenvalue weighted by Gasteiger charge is 2.27. The SMILES string of the molecule is CCCCn1c(N)c(N(CCC)C(=O)c2sc(-c3ccccc3)nc2C)c(=O)[nH]c1=O.